The standard InChI is InChI=1S/C17H20N4O3/c1-2-24-17(23)21-10-8-20(9-11-21)13-14(12-18)16(22)19-15-6-4-3-5-7-15/h3-7,13H,2,8-11H2,1H3,(H,19,22)/b14-13+. The van der Waals surface area contributed by atoms with Crippen molar-refractivity contribution in [3.8, 4) is 6.07 Å². The topological polar surface area (TPSA) is 85.7 Å². The fraction of sp³-hybridized carbons (Fsp3) is 0.353. The van der Waals surface area contributed by atoms with Crippen molar-refractivity contribution in [2.75, 3.05) is 38.1 Å². The number of nitrogens with one attached hydrogen (secondary N) is 1. The van der Waals surface area contributed by atoms with Crippen molar-refractivity contribution in [1.29, 1.82) is 5.26 Å². The Morgan fingerprint density at radius 3 is 2.50 bits per heavy atom. The average molecular weight is 328 g/mol. The summed E-state index contributed by atoms with van der Waals surface area (Å²) < 4.78 is 4.96. The van der Waals surface area contributed by atoms with E-state index < -0.39 is 5.91 Å². The molecule has 7 heteroatoms. The molecule has 0 unspecified atom stereocenters. The number of carbonyl (C=O) groups excluding carboxylic acids is 2. The van der Waals surface area contributed by atoms with E-state index in [9.17, 15) is 14.9 Å². The molecule has 0 saturated carbocycles. The highest BCUT2D eigenvalue weighted by Crippen LogP contribution is 2.10. The maximum absolute atomic E-state index is 12.2. The highest BCUT2D eigenvalue weighted by Gasteiger charge is 2.21. The number of amides is 2. The summed E-state index contributed by atoms with van der Waals surface area (Å²) >= 11 is 0. The van der Waals surface area contributed by atoms with Crippen LogP contribution in [0, 0.1) is 11.3 Å². The normalized spacial score (nSPS) is 14.8. The van der Waals surface area contributed by atoms with Gasteiger partial charge in [0, 0.05) is 38.1 Å². The summed E-state index contributed by atoms with van der Waals surface area (Å²) in [5, 5.41) is 11.9. The van der Waals surface area contributed by atoms with Crippen molar-refractivity contribution >= 4 is 17.7 Å². The van der Waals surface area contributed by atoms with Gasteiger partial charge in [-0.3, -0.25) is 4.79 Å². The smallest absolute Gasteiger partial charge is 0.409 e. The summed E-state index contributed by atoms with van der Waals surface area (Å²) in [6, 6.07) is 10.9. The SMILES string of the molecule is CCOC(=O)N1CCN(/C=C(\C#N)C(=O)Nc2ccccc2)CC1. The second-order valence-corrected chi connectivity index (χ2v) is 5.20. The van der Waals surface area contributed by atoms with Crippen LogP contribution in [-0.2, 0) is 9.53 Å². The molecule has 0 radical (unpaired) electrons. The summed E-state index contributed by atoms with van der Waals surface area (Å²) in [5.41, 5.74) is 0.666. The molecule has 1 aliphatic heterocycles. The van der Waals surface area contributed by atoms with Gasteiger partial charge >= 0.3 is 6.09 Å². The van der Waals surface area contributed by atoms with Gasteiger partial charge in [0.1, 0.15) is 11.6 Å². The Bertz CT molecular complexity index is 644. The summed E-state index contributed by atoms with van der Waals surface area (Å²) in [6.07, 6.45) is 1.21. The van der Waals surface area contributed by atoms with E-state index in [1.807, 2.05) is 17.0 Å². The maximum atomic E-state index is 12.2. The summed E-state index contributed by atoms with van der Waals surface area (Å²) in [5.74, 6) is -0.448. The van der Waals surface area contributed by atoms with E-state index in [1.165, 1.54) is 0 Å². The van der Waals surface area contributed by atoms with E-state index in [1.54, 1.807) is 42.3 Å². The van der Waals surface area contributed by atoms with Crippen LogP contribution < -0.4 is 5.32 Å². The first-order chi connectivity index (χ1) is 11.6. The second kappa shape index (κ2) is 8.58. The summed E-state index contributed by atoms with van der Waals surface area (Å²) in [4.78, 5) is 27.3. The first-order valence-electron chi connectivity index (χ1n) is 7.78. The molecule has 1 saturated heterocycles. The number of carbonyl (C=O) groups is 2. The van der Waals surface area contributed by atoms with Crippen LogP contribution in [0.2, 0.25) is 0 Å². The minimum atomic E-state index is -0.448. The Morgan fingerprint density at radius 1 is 1.25 bits per heavy atom. The lowest BCUT2D eigenvalue weighted by Crippen LogP contribution is -2.47. The number of hydrogen-bond donors (Lipinski definition) is 1. The molecule has 0 bridgehead atoms. The van der Waals surface area contributed by atoms with Gasteiger partial charge in [-0.2, -0.15) is 5.26 Å². The third-order valence-electron chi connectivity index (χ3n) is 3.55. The van der Waals surface area contributed by atoms with Crippen molar-refractivity contribution in [1.82, 2.24) is 9.80 Å². The number of nitrogens with zero attached hydrogens (tertiary/aromatic N) is 3. The number of ether oxygens (including phenoxy) is 1. The van der Waals surface area contributed by atoms with Crippen LogP contribution in [0.3, 0.4) is 0 Å². The van der Waals surface area contributed by atoms with Crippen LogP contribution in [-0.4, -0.2) is 54.6 Å². The van der Waals surface area contributed by atoms with Crippen LogP contribution >= 0.6 is 0 Å². The minimum Gasteiger partial charge on any atom is -0.450 e. The fourth-order valence-corrected chi connectivity index (χ4v) is 2.29. The molecule has 2 rings (SSSR count). The molecule has 126 valence electrons. The van der Waals surface area contributed by atoms with Gasteiger partial charge < -0.3 is 19.9 Å². The lowest BCUT2D eigenvalue weighted by molar-refractivity contribution is -0.112. The van der Waals surface area contributed by atoms with Crippen molar-refractivity contribution < 1.29 is 14.3 Å². The van der Waals surface area contributed by atoms with E-state index in [-0.39, 0.29) is 11.7 Å². The molecule has 24 heavy (non-hydrogen) atoms. The molecule has 7 nitrogen and oxygen atoms in total. The highest BCUT2D eigenvalue weighted by atomic mass is 16.6. The lowest BCUT2D eigenvalue weighted by Gasteiger charge is -2.33. The second-order valence-electron chi connectivity index (χ2n) is 5.20. The van der Waals surface area contributed by atoms with Gasteiger partial charge in [-0.1, -0.05) is 18.2 Å². The molecule has 2 amide bonds. The van der Waals surface area contributed by atoms with E-state index in [0.29, 0.717) is 38.5 Å². The van der Waals surface area contributed by atoms with E-state index in [4.69, 9.17) is 4.74 Å². The fourth-order valence-electron chi connectivity index (χ4n) is 2.29. The molecule has 0 aliphatic carbocycles. The zero-order chi connectivity index (χ0) is 17.4. The summed E-state index contributed by atoms with van der Waals surface area (Å²) in [7, 11) is 0. The zero-order valence-corrected chi connectivity index (χ0v) is 13.6. The Hall–Kier alpha value is -3.01. The van der Waals surface area contributed by atoms with Crippen LogP contribution in [0.25, 0.3) is 0 Å². The van der Waals surface area contributed by atoms with Crippen LogP contribution in [0.5, 0.6) is 0 Å². The molecule has 0 atom stereocenters. The zero-order valence-electron chi connectivity index (χ0n) is 13.6. The van der Waals surface area contributed by atoms with Crippen molar-refractivity contribution in [3.05, 3.63) is 42.1 Å². The molecule has 1 fully saturated rings. The highest BCUT2D eigenvalue weighted by molar-refractivity contribution is 6.06. The number of nitriles is 1. The van der Waals surface area contributed by atoms with E-state index in [0.717, 1.165) is 0 Å². The van der Waals surface area contributed by atoms with E-state index in [2.05, 4.69) is 5.32 Å². The first kappa shape index (κ1) is 17.3. The van der Waals surface area contributed by atoms with Gasteiger partial charge in [0.2, 0.25) is 0 Å². The molecule has 1 heterocycles. The molecule has 1 aromatic rings. The maximum Gasteiger partial charge on any atom is 0.409 e. The van der Waals surface area contributed by atoms with Crippen LogP contribution in [0.1, 0.15) is 6.92 Å². The van der Waals surface area contributed by atoms with Crippen LogP contribution in [0.4, 0.5) is 10.5 Å². The van der Waals surface area contributed by atoms with Crippen molar-refractivity contribution in [2.24, 2.45) is 0 Å². The molecule has 1 aliphatic rings. The van der Waals surface area contributed by atoms with Gasteiger partial charge in [0.15, 0.2) is 0 Å². The van der Waals surface area contributed by atoms with Gasteiger partial charge in [0.05, 0.1) is 6.61 Å². The monoisotopic (exact) mass is 328 g/mol. The van der Waals surface area contributed by atoms with Gasteiger partial charge in [0.25, 0.3) is 5.91 Å². The predicted octanol–water partition coefficient (Wildman–Crippen LogP) is 1.81. The molecular formula is C17H20N4O3. The molecular weight excluding hydrogens is 308 g/mol. The number of hydrogen-bond acceptors (Lipinski definition) is 5. The number of rotatable bonds is 4. The van der Waals surface area contributed by atoms with Crippen molar-refractivity contribution in [2.45, 2.75) is 6.92 Å². The largest absolute Gasteiger partial charge is 0.450 e. The molecule has 0 spiro atoms. The minimum absolute atomic E-state index is 0.0310. The predicted molar refractivity (Wildman–Crippen MR) is 88.9 cm³/mol. The first-order valence-corrected chi connectivity index (χ1v) is 7.78. The molecule has 1 aromatic carbocycles. The number of para-hydroxylation sites is 1. The van der Waals surface area contributed by atoms with Crippen LogP contribution in [0.15, 0.2) is 42.1 Å². The molecule has 0 aromatic heterocycles. The quantitative estimate of drug-likeness (QED) is 0.673. The third-order valence-corrected chi connectivity index (χ3v) is 3.55. The Balaban J connectivity index is 1.93. The number of benzene rings is 1. The van der Waals surface area contributed by atoms with Gasteiger partial charge in [-0.05, 0) is 19.1 Å². The molecule has 1 N–H and O–H groups in total. The Labute approximate surface area is 141 Å². The third kappa shape index (κ3) is 4.74. The summed E-state index contributed by atoms with van der Waals surface area (Å²) in [6.45, 7) is 4.19. The Kier molecular flexibility index (Phi) is 6.20. The van der Waals surface area contributed by atoms with E-state index >= 15 is 0 Å². The average Bonchev–Trinajstić information content (AvgIpc) is 2.61. The van der Waals surface area contributed by atoms with Gasteiger partial charge in [-0.15, -0.1) is 0 Å². The van der Waals surface area contributed by atoms with Gasteiger partial charge in [-0.25, -0.2) is 4.79 Å². The lowest BCUT2D eigenvalue weighted by atomic mass is 10.2. The number of anilines is 1. The Morgan fingerprint density at radius 2 is 1.92 bits per heavy atom. The van der Waals surface area contributed by atoms with Crippen molar-refractivity contribution in [3.63, 3.8) is 0 Å². The number of piperazine rings is 1.